The number of nitrogens with zero attached hydrogens (tertiary/aromatic N) is 2. The van der Waals surface area contributed by atoms with E-state index >= 15 is 0 Å². The van der Waals surface area contributed by atoms with Gasteiger partial charge in [-0.25, -0.2) is 9.18 Å². The Morgan fingerprint density at radius 2 is 2.04 bits per heavy atom. The number of carbonyl (C=O) groups excluding carboxylic acids is 1. The van der Waals surface area contributed by atoms with Crippen LogP contribution in [0.4, 0.5) is 10.1 Å². The first-order valence-electron chi connectivity index (χ1n) is 8.46. The number of carboxylic acids is 1. The second-order valence-electron chi connectivity index (χ2n) is 6.83. The van der Waals surface area contributed by atoms with E-state index in [1.54, 1.807) is 0 Å². The number of hydrogen-bond donors (Lipinski definition) is 1. The fraction of sp³-hybridized carbons (Fsp3) is 0.529. The van der Waals surface area contributed by atoms with Crippen molar-refractivity contribution in [2.75, 3.05) is 0 Å². The summed E-state index contributed by atoms with van der Waals surface area (Å²) in [6.45, 7) is 0. The molecule has 1 aromatic rings. The molecule has 3 unspecified atom stereocenters. The monoisotopic (exact) mass is 384 g/mol. The number of aliphatic carboxylic acids is 1. The maximum Gasteiger partial charge on any atom is 0.326 e. The highest BCUT2D eigenvalue weighted by Crippen LogP contribution is 2.40. The highest BCUT2D eigenvalue weighted by Gasteiger charge is 2.47. The summed E-state index contributed by atoms with van der Waals surface area (Å²) >= 11 is 5.60. The van der Waals surface area contributed by atoms with Crippen LogP contribution in [0, 0.1) is 21.8 Å². The quantitative estimate of drug-likeness (QED) is 0.634. The van der Waals surface area contributed by atoms with Crippen LogP contribution in [0.1, 0.15) is 37.7 Å². The van der Waals surface area contributed by atoms with Crippen molar-refractivity contribution in [1.82, 2.24) is 4.90 Å². The number of hydrogen-bond acceptors (Lipinski definition) is 4. The Kier molecular flexibility index (Phi) is 5.13. The number of amides is 1. The van der Waals surface area contributed by atoms with Gasteiger partial charge >= 0.3 is 5.97 Å². The van der Waals surface area contributed by atoms with Gasteiger partial charge in [0.1, 0.15) is 11.9 Å². The van der Waals surface area contributed by atoms with E-state index in [4.69, 9.17) is 11.6 Å². The molecule has 0 bridgehead atoms. The zero-order valence-corrected chi connectivity index (χ0v) is 14.6. The van der Waals surface area contributed by atoms with Crippen LogP contribution in [0.2, 0.25) is 5.02 Å². The zero-order valence-electron chi connectivity index (χ0n) is 13.9. The van der Waals surface area contributed by atoms with Gasteiger partial charge in [0, 0.05) is 17.7 Å². The van der Waals surface area contributed by atoms with Gasteiger partial charge in [0.2, 0.25) is 5.91 Å². The summed E-state index contributed by atoms with van der Waals surface area (Å²) < 4.78 is 13.8. The average molecular weight is 385 g/mol. The van der Waals surface area contributed by atoms with Crippen molar-refractivity contribution in [2.45, 2.75) is 50.6 Å². The van der Waals surface area contributed by atoms with E-state index in [1.165, 1.54) is 4.90 Å². The van der Waals surface area contributed by atoms with E-state index in [9.17, 15) is 29.2 Å². The minimum Gasteiger partial charge on any atom is -0.480 e. The summed E-state index contributed by atoms with van der Waals surface area (Å²) in [5.74, 6) is -2.33. The van der Waals surface area contributed by atoms with E-state index in [1.807, 2.05) is 0 Å². The van der Waals surface area contributed by atoms with Gasteiger partial charge in [-0.2, -0.15) is 0 Å². The molecule has 1 N–H and O–H groups in total. The first-order chi connectivity index (χ1) is 12.3. The van der Waals surface area contributed by atoms with Gasteiger partial charge in [0.05, 0.1) is 16.4 Å². The van der Waals surface area contributed by atoms with Crippen molar-refractivity contribution >= 4 is 29.2 Å². The van der Waals surface area contributed by atoms with Gasteiger partial charge < -0.3 is 10.0 Å². The highest BCUT2D eigenvalue weighted by molar-refractivity contribution is 6.31. The van der Waals surface area contributed by atoms with Crippen molar-refractivity contribution in [3.8, 4) is 0 Å². The Morgan fingerprint density at radius 1 is 1.35 bits per heavy atom. The average Bonchev–Trinajstić information content (AvgIpc) is 2.97. The number of nitro benzene ring substituents is 1. The minimum atomic E-state index is -1.08. The first kappa shape index (κ1) is 18.6. The predicted octanol–water partition coefficient (Wildman–Crippen LogP) is 3.17. The van der Waals surface area contributed by atoms with Crippen LogP contribution >= 0.6 is 11.6 Å². The third kappa shape index (κ3) is 3.38. The smallest absolute Gasteiger partial charge is 0.326 e. The second-order valence-corrected chi connectivity index (χ2v) is 7.24. The molecule has 2 aliphatic rings. The lowest BCUT2D eigenvalue weighted by atomic mass is 9.84. The molecule has 1 amide bonds. The molecule has 7 nitrogen and oxygen atoms in total. The fourth-order valence-corrected chi connectivity index (χ4v) is 4.34. The van der Waals surface area contributed by atoms with Crippen LogP contribution in [0.3, 0.4) is 0 Å². The van der Waals surface area contributed by atoms with Crippen molar-refractivity contribution in [3.05, 3.63) is 38.7 Å². The van der Waals surface area contributed by atoms with Gasteiger partial charge in [0.15, 0.2) is 0 Å². The van der Waals surface area contributed by atoms with Crippen LogP contribution in [-0.2, 0) is 16.0 Å². The number of halogens is 2. The van der Waals surface area contributed by atoms with Gasteiger partial charge in [-0.3, -0.25) is 14.9 Å². The molecule has 2 fully saturated rings. The number of benzene rings is 1. The SMILES string of the molecule is O=C(O)C1CC2CCCCC2N1C(=O)Cc1cc(F)c(Cl)cc1[N+](=O)[O-]. The van der Waals surface area contributed by atoms with Crippen molar-refractivity contribution in [3.63, 3.8) is 0 Å². The fourth-order valence-electron chi connectivity index (χ4n) is 4.18. The number of fused-ring (bicyclic) bond motifs is 1. The molecule has 0 spiro atoms. The summed E-state index contributed by atoms with van der Waals surface area (Å²) in [4.78, 5) is 36.3. The van der Waals surface area contributed by atoms with Crippen LogP contribution in [0.25, 0.3) is 0 Å². The van der Waals surface area contributed by atoms with Crippen molar-refractivity contribution in [1.29, 1.82) is 0 Å². The van der Waals surface area contributed by atoms with Crippen LogP contribution < -0.4 is 0 Å². The number of likely N-dealkylation sites (tertiary alicyclic amines) is 1. The van der Waals surface area contributed by atoms with E-state index in [-0.39, 0.29) is 17.5 Å². The minimum absolute atomic E-state index is 0.106. The molecule has 1 saturated heterocycles. The number of rotatable bonds is 4. The lowest BCUT2D eigenvalue weighted by molar-refractivity contribution is -0.385. The van der Waals surface area contributed by atoms with Gasteiger partial charge in [-0.15, -0.1) is 0 Å². The third-order valence-electron chi connectivity index (χ3n) is 5.32. The van der Waals surface area contributed by atoms with Crippen molar-refractivity contribution in [2.24, 2.45) is 5.92 Å². The van der Waals surface area contributed by atoms with E-state index in [0.717, 1.165) is 37.8 Å². The molecule has 0 aromatic heterocycles. The maximum absolute atomic E-state index is 13.8. The Hall–Kier alpha value is -2.22. The highest BCUT2D eigenvalue weighted by atomic mass is 35.5. The third-order valence-corrected chi connectivity index (χ3v) is 5.61. The van der Waals surface area contributed by atoms with Gasteiger partial charge in [-0.1, -0.05) is 24.4 Å². The molecule has 1 aliphatic carbocycles. The van der Waals surface area contributed by atoms with Crippen LogP contribution in [0.15, 0.2) is 12.1 Å². The summed E-state index contributed by atoms with van der Waals surface area (Å²) in [6, 6.07) is 0.643. The van der Waals surface area contributed by atoms with Crippen LogP contribution in [0.5, 0.6) is 0 Å². The van der Waals surface area contributed by atoms with Crippen molar-refractivity contribution < 1.29 is 24.0 Å². The molecular formula is C17H18ClFN2O5. The molecule has 0 radical (unpaired) electrons. The maximum atomic E-state index is 13.8. The number of carboxylic acid groups (broad SMARTS) is 1. The Balaban J connectivity index is 1.90. The van der Waals surface area contributed by atoms with Gasteiger partial charge in [-0.05, 0) is 31.2 Å². The van der Waals surface area contributed by atoms with Crippen LogP contribution in [-0.4, -0.2) is 38.9 Å². The predicted molar refractivity (Wildman–Crippen MR) is 90.4 cm³/mol. The molecule has 1 aromatic carbocycles. The Morgan fingerprint density at radius 3 is 2.69 bits per heavy atom. The molecule has 26 heavy (non-hydrogen) atoms. The zero-order chi connectivity index (χ0) is 19.0. The lowest BCUT2D eigenvalue weighted by Crippen LogP contribution is -2.46. The summed E-state index contributed by atoms with van der Waals surface area (Å²) in [5.41, 5.74) is -0.554. The Labute approximate surface area is 153 Å². The molecular weight excluding hydrogens is 367 g/mol. The van der Waals surface area contributed by atoms with E-state index in [2.05, 4.69) is 0 Å². The number of nitro groups is 1. The molecule has 3 rings (SSSR count). The normalized spacial score (nSPS) is 25.0. The molecule has 1 saturated carbocycles. The van der Waals surface area contributed by atoms with E-state index in [0.29, 0.717) is 6.42 Å². The molecule has 9 heteroatoms. The molecule has 3 atom stereocenters. The topological polar surface area (TPSA) is 101 Å². The largest absolute Gasteiger partial charge is 0.480 e. The first-order valence-corrected chi connectivity index (χ1v) is 8.83. The summed E-state index contributed by atoms with van der Waals surface area (Å²) in [6.07, 6.45) is 3.46. The van der Waals surface area contributed by atoms with E-state index < -0.39 is 45.8 Å². The molecule has 1 aliphatic heterocycles. The summed E-state index contributed by atoms with van der Waals surface area (Å²) in [7, 11) is 0. The lowest BCUT2D eigenvalue weighted by Gasteiger charge is -2.33. The standard InChI is InChI=1S/C17H18ClFN2O5/c18-11-8-14(21(25)26)10(5-12(11)19)7-16(22)20-13-4-2-1-3-9(13)6-15(20)17(23)24/h5,8-9,13,15H,1-4,6-7H2,(H,23,24). The molecule has 1 heterocycles. The second kappa shape index (κ2) is 7.19. The van der Waals surface area contributed by atoms with Gasteiger partial charge in [0.25, 0.3) is 5.69 Å². The number of carbonyl (C=O) groups is 2. The Bertz CT molecular complexity index is 772. The molecule has 140 valence electrons. The summed E-state index contributed by atoms with van der Waals surface area (Å²) in [5, 5.41) is 20.3.